The molecule has 1 aliphatic heterocycles. The summed E-state index contributed by atoms with van der Waals surface area (Å²) in [5.41, 5.74) is 0.260. The Bertz CT molecular complexity index is 263. The molecule has 19 heavy (non-hydrogen) atoms. The van der Waals surface area contributed by atoms with Crippen molar-refractivity contribution in [2.75, 3.05) is 13.1 Å². The van der Waals surface area contributed by atoms with Gasteiger partial charge in [0.05, 0.1) is 0 Å². The summed E-state index contributed by atoms with van der Waals surface area (Å²) in [7, 11) is 0. The van der Waals surface area contributed by atoms with Gasteiger partial charge in [-0.2, -0.15) is 0 Å². The van der Waals surface area contributed by atoms with E-state index in [0.29, 0.717) is 0 Å². The van der Waals surface area contributed by atoms with Crippen LogP contribution in [-0.2, 0) is 0 Å². The number of hydrogen-bond donors (Lipinski definition) is 1. The van der Waals surface area contributed by atoms with Crippen LogP contribution in [0.15, 0.2) is 0 Å². The summed E-state index contributed by atoms with van der Waals surface area (Å²) >= 11 is 0. The number of likely N-dealkylation sites (tertiary alicyclic amines) is 1. The van der Waals surface area contributed by atoms with Crippen LogP contribution in [0.5, 0.6) is 0 Å². The van der Waals surface area contributed by atoms with Crippen LogP contribution >= 0.6 is 0 Å². The Kier molecular flexibility index (Phi) is 5.30. The van der Waals surface area contributed by atoms with Gasteiger partial charge < -0.3 is 5.32 Å². The fourth-order valence-electron chi connectivity index (χ4n) is 4.03. The highest BCUT2D eigenvalue weighted by Gasteiger charge is 2.35. The average Bonchev–Trinajstić information content (AvgIpc) is 2.97. The Hall–Kier alpha value is -0.0800. The van der Waals surface area contributed by atoms with Crippen LogP contribution < -0.4 is 5.32 Å². The molecule has 2 unspecified atom stereocenters. The fourth-order valence-corrected chi connectivity index (χ4v) is 4.03. The van der Waals surface area contributed by atoms with Crippen molar-refractivity contribution in [3.63, 3.8) is 0 Å². The zero-order valence-electron chi connectivity index (χ0n) is 13.5. The van der Waals surface area contributed by atoms with Gasteiger partial charge in [-0.25, -0.2) is 0 Å². The van der Waals surface area contributed by atoms with Crippen LogP contribution in [0, 0.1) is 5.92 Å². The minimum Gasteiger partial charge on any atom is -0.312 e. The molecule has 0 bridgehead atoms. The van der Waals surface area contributed by atoms with Crippen molar-refractivity contribution in [3.05, 3.63) is 0 Å². The molecule has 1 saturated heterocycles. The molecule has 0 aromatic carbocycles. The lowest BCUT2D eigenvalue weighted by Gasteiger charge is -2.35. The molecule has 2 aliphatic rings. The van der Waals surface area contributed by atoms with Crippen LogP contribution in [-0.4, -0.2) is 35.6 Å². The van der Waals surface area contributed by atoms with E-state index in [1.165, 1.54) is 51.5 Å². The van der Waals surface area contributed by atoms with E-state index in [2.05, 4.69) is 37.9 Å². The predicted molar refractivity (Wildman–Crippen MR) is 83.5 cm³/mol. The average molecular weight is 266 g/mol. The van der Waals surface area contributed by atoms with Crippen molar-refractivity contribution in [1.82, 2.24) is 10.2 Å². The van der Waals surface area contributed by atoms with Crippen LogP contribution in [0.2, 0.25) is 0 Å². The second kappa shape index (κ2) is 6.58. The number of rotatable bonds is 5. The van der Waals surface area contributed by atoms with Gasteiger partial charge in [-0.1, -0.05) is 12.8 Å². The number of nitrogens with zero attached hydrogens (tertiary/aromatic N) is 1. The molecule has 1 saturated carbocycles. The van der Waals surface area contributed by atoms with E-state index in [4.69, 9.17) is 0 Å². The van der Waals surface area contributed by atoms with Gasteiger partial charge in [-0.3, -0.25) is 4.90 Å². The SMILES string of the molecule is CC(CCNC(C)(C)C)N1CCCC1C1CCCC1. The first-order chi connectivity index (χ1) is 8.97. The van der Waals surface area contributed by atoms with Crippen LogP contribution in [0.3, 0.4) is 0 Å². The molecule has 1 N–H and O–H groups in total. The third-order valence-corrected chi connectivity index (χ3v) is 5.07. The van der Waals surface area contributed by atoms with E-state index >= 15 is 0 Å². The molecule has 112 valence electrons. The van der Waals surface area contributed by atoms with E-state index in [1.54, 1.807) is 0 Å². The Labute approximate surface area is 120 Å². The highest BCUT2D eigenvalue weighted by molar-refractivity contribution is 4.90. The van der Waals surface area contributed by atoms with Gasteiger partial charge in [0.15, 0.2) is 0 Å². The van der Waals surface area contributed by atoms with E-state index in [1.807, 2.05) is 0 Å². The van der Waals surface area contributed by atoms with Gasteiger partial charge in [0.25, 0.3) is 0 Å². The molecule has 0 spiro atoms. The largest absolute Gasteiger partial charge is 0.312 e. The maximum Gasteiger partial charge on any atom is 0.0127 e. The Balaban J connectivity index is 1.78. The molecule has 1 heterocycles. The first kappa shape index (κ1) is 15.3. The zero-order chi connectivity index (χ0) is 13.9. The van der Waals surface area contributed by atoms with Crippen molar-refractivity contribution in [1.29, 1.82) is 0 Å². The predicted octanol–water partition coefficient (Wildman–Crippen LogP) is 3.81. The summed E-state index contributed by atoms with van der Waals surface area (Å²) < 4.78 is 0. The molecule has 2 rings (SSSR count). The van der Waals surface area contributed by atoms with Gasteiger partial charge in [-0.05, 0) is 78.8 Å². The second-order valence-electron chi connectivity index (χ2n) is 7.81. The number of hydrogen-bond acceptors (Lipinski definition) is 2. The van der Waals surface area contributed by atoms with E-state index < -0.39 is 0 Å². The van der Waals surface area contributed by atoms with E-state index in [-0.39, 0.29) is 5.54 Å². The first-order valence-electron chi connectivity index (χ1n) is 8.48. The molecule has 2 nitrogen and oxygen atoms in total. The molecular weight excluding hydrogens is 232 g/mol. The topological polar surface area (TPSA) is 15.3 Å². The van der Waals surface area contributed by atoms with E-state index in [0.717, 1.165) is 24.5 Å². The van der Waals surface area contributed by atoms with Crippen molar-refractivity contribution in [2.24, 2.45) is 5.92 Å². The Morgan fingerprint density at radius 2 is 1.79 bits per heavy atom. The molecule has 1 aliphatic carbocycles. The van der Waals surface area contributed by atoms with Crippen LogP contribution in [0.25, 0.3) is 0 Å². The van der Waals surface area contributed by atoms with Crippen LogP contribution in [0.4, 0.5) is 0 Å². The summed E-state index contributed by atoms with van der Waals surface area (Å²) in [6, 6.07) is 1.66. The maximum atomic E-state index is 3.63. The molecule has 0 radical (unpaired) electrons. The highest BCUT2D eigenvalue weighted by Crippen LogP contribution is 2.36. The molecule has 0 amide bonds. The van der Waals surface area contributed by atoms with Crippen molar-refractivity contribution < 1.29 is 0 Å². The van der Waals surface area contributed by atoms with Crippen LogP contribution in [0.1, 0.15) is 72.6 Å². The first-order valence-corrected chi connectivity index (χ1v) is 8.48. The van der Waals surface area contributed by atoms with Gasteiger partial charge >= 0.3 is 0 Å². The monoisotopic (exact) mass is 266 g/mol. The lowest BCUT2D eigenvalue weighted by Crippen LogP contribution is -2.44. The minimum atomic E-state index is 0.260. The molecule has 0 aromatic heterocycles. The standard InChI is InChI=1S/C17H34N2/c1-14(11-12-18-17(2,3)4)19-13-7-10-16(19)15-8-5-6-9-15/h14-16,18H,5-13H2,1-4H3. The van der Waals surface area contributed by atoms with Crippen molar-refractivity contribution in [2.45, 2.75) is 90.3 Å². The Morgan fingerprint density at radius 3 is 2.42 bits per heavy atom. The molecule has 2 fully saturated rings. The summed E-state index contributed by atoms with van der Waals surface area (Å²) in [4.78, 5) is 2.83. The Morgan fingerprint density at radius 1 is 1.11 bits per heavy atom. The van der Waals surface area contributed by atoms with Gasteiger partial charge in [0.1, 0.15) is 0 Å². The summed E-state index contributed by atoms with van der Waals surface area (Å²) in [5, 5.41) is 3.63. The molecule has 0 aromatic rings. The third kappa shape index (κ3) is 4.46. The molecule has 2 heteroatoms. The maximum absolute atomic E-state index is 3.63. The quantitative estimate of drug-likeness (QED) is 0.814. The number of nitrogens with one attached hydrogen (secondary N) is 1. The molecular formula is C17H34N2. The molecule has 2 atom stereocenters. The lowest BCUT2D eigenvalue weighted by atomic mass is 9.95. The smallest absolute Gasteiger partial charge is 0.0127 e. The normalized spacial score (nSPS) is 28.1. The summed E-state index contributed by atoms with van der Waals surface area (Å²) in [5.74, 6) is 1.01. The minimum absolute atomic E-state index is 0.260. The second-order valence-corrected chi connectivity index (χ2v) is 7.81. The fraction of sp³-hybridized carbons (Fsp3) is 1.00. The zero-order valence-corrected chi connectivity index (χ0v) is 13.5. The van der Waals surface area contributed by atoms with Gasteiger partial charge in [0.2, 0.25) is 0 Å². The third-order valence-electron chi connectivity index (χ3n) is 5.07. The summed E-state index contributed by atoms with van der Waals surface area (Å²) in [6.45, 7) is 11.7. The van der Waals surface area contributed by atoms with Crippen molar-refractivity contribution in [3.8, 4) is 0 Å². The van der Waals surface area contributed by atoms with Crippen molar-refractivity contribution >= 4 is 0 Å². The van der Waals surface area contributed by atoms with E-state index in [9.17, 15) is 0 Å². The van der Waals surface area contributed by atoms with Gasteiger partial charge in [-0.15, -0.1) is 0 Å². The van der Waals surface area contributed by atoms with Gasteiger partial charge in [0, 0.05) is 17.6 Å². The lowest BCUT2D eigenvalue weighted by molar-refractivity contribution is 0.136. The summed E-state index contributed by atoms with van der Waals surface area (Å²) in [6.07, 6.45) is 10.1. The highest BCUT2D eigenvalue weighted by atomic mass is 15.2.